The molecule has 1 aliphatic carbocycles. The van der Waals surface area contributed by atoms with Crippen molar-refractivity contribution in [2.45, 2.75) is 61.8 Å². The van der Waals surface area contributed by atoms with Gasteiger partial charge < -0.3 is 5.11 Å². The summed E-state index contributed by atoms with van der Waals surface area (Å²) in [6, 6.07) is 8.64. The molecule has 0 saturated heterocycles. The van der Waals surface area contributed by atoms with E-state index in [1.54, 1.807) is 11.8 Å². The van der Waals surface area contributed by atoms with Crippen molar-refractivity contribution in [3.8, 4) is 0 Å². The molecule has 1 aromatic carbocycles. The number of thioether (sulfide) groups is 1. The number of benzene rings is 1. The average Bonchev–Trinajstić information content (AvgIpc) is 3.15. The lowest BCUT2D eigenvalue weighted by Crippen LogP contribution is -2.51. The number of hydrogen-bond donors (Lipinski definition) is 2. The fraction of sp³-hybridized carbons (Fsp3) is 0.562. The third-order valence-corrected chi connectivity index (χ3v) is 4.97. The van der Waals surface area contributed by atoms with Gasteiger partial charge in [0, 0.05) is 16.2 Å². The van der Waals surface area contributed by atoms with Crippen LogP contribution in [0.2, 0.25) is 0 Å². The normalized spacial score (nSPS) is 19.4. The number of rotatable bonds is 7. The molecule has 1 aliphatic rings. The number of carboxylic acid groups (broad SMARTS) is 1. The summed E-state index contributed by atoms with van der Waals surface area (Å²) in [5.41, 5.74) is 0.424. The summed E-state index contributed by atoms with van der Waals surface area (Å²) in [5.74, 6) is -0.748. The van der Waals surface area contributed by atoms with E-state index in [-0.39, 0.29) is 5.25 Å². The highest BCUT2D eigenvalue weighted by Gasteiger charge is 2.39. The van der Waals surface area contributed by atoms with Crippen LogP contribution in [0.15, 0.2) is 29.2 Å². The van der Waals surface area contributed by atoms with Crippen molar-refractivity contribution in [2.75, 3.05) is 0 Å². The lowest BCUT2D eigenvalue weighted by atomic mass is 9.96. The van der Waals surface area contributed by atoms with Crippen LogP contribution in [0.1, 0.15) is 38.7 Å². The van der Waals surface area contributed by atoms with Gasteiger partial charge in [-0.3, -0.25) is 10.1 Å². The maximum Gasteiger partial charge on any atom is 0.323 e. The first-order valence-electron chi connectivity index (χ1n) is 7.14. The Bertz CT molecular complexity index is 487. The molecule has 110 valence electrons. The number of nitrogens with one attached hydrogen (secondary N) is 1. The third-order valence-electron chi connectivity index (χ3n) is 3.69. The van der Waals surface area contributed by atoms with Crippen LogP contribution in [0.3, 0.4) is 0 Å². The van der Waals surface area contributed by atoms with Crippen LogP contribution in [-0.2, 0) is 4.79 Å². The van der Waals surface area contributed by atoms with Crippen LogP contribution in [0.25, 0.3) is 0 Å². The highest BCUT2D eigenvalue weighted by atomic mass is 32.2. The molecule has 20 heavy (non-hydrogen) atoms. The predicted molar refractivity (Wildman–Crippen MR) is 83.3 cm³/mol. The molecule has 0 radical (unpaired) electrons. The number of hydrogen-bond acceptors (Lipinski definition) is 3. The van der Waals surface area contributed by atoms with Crippen LogP contribution >= 0.6 is 11.8 Å². The topological polar surface area (TPSA) is 49.3 Å². The first kappa shape index (κ1) is 15.4. The molecule has 1 aromatic rings. The van der Waals surface area contributed by atoms with Gasteiger partial charge in [0.05, 0.1) is 0 Å². The van der Waals surface area contributed by atoms with Gasteiger partial charge >= 0.3 is 5.97 Å². The fourth-order valence-electron chi connectivity index (χ4n) is 2.41. The van der Waals surface area contributed by atoms with Gasteiger partial charge in [-0.05, 0) is 44.7 Å². The molecule has 0 bridgehead atoms. The highest BCUT2D eigenvalue weighted by Crippen LogP contribution is 2.32. The van der Waals surface area contributed by atoms with Crippen molar-refractivity contribution in [1.29, 1.82) is 0 Å². The standard InChI is InChI=1S/C16H23NO2S/c1-11-6-4-5-7-14(11)20-12(2)10-16(3,15(18)19)17-13-8-9-13/h4-7,12-13,17H,8-10H2,1-3H3,(H,18,19). The molecule has 2 atom stereocenters. The lowest BCUT2D eigenvalue weighted by Gasteiger charge is -2.29. The van der Waals surface area contributed by atoms with E-state index in [1.165, 1.54) is 10.5 Å². The van der Waals surface area contributed by atoms with E-state index in [1.807, 2.05) is 19.1 Å². The zero-order valence-corrected chi connectivity index (χ0v) is 13.2. The smallest absolute Gasteiger partial charge is 0.323 e. The molecule has 2 unspecified atom stereocenters. The van der Waals surface area contributed by atoms with E-state index in [9.17, 15) is 9.90 Å². The fourth-order valence-corrected chi connectivity index (χ4v) is 3.67. The monoisotopic (exact) mass is 293 g/mol. The zero-order chi connectivity index (χ0) is 14.8. The van der Waals surface area contributed by atoms with E-state index in [0.717, 1.165) is 12.8 Å². The Morgan fingerprint density at radius 3 is 2.70 bits per heavy atom. The van der Waals surface area contributed by atoms with Crippen LogP contribution in [0, 0.1) is 6.92 Å². The first-order valence-corrected chi connectivity index (χ1v) is 8.02. The molecule has 0 aliphatic heterocycles. The van der Waals surface area contributed by atoms with Gasteiger partial charge in [-0.2, -0.15) is 0 Å². The van der Waals surface area contributed by atoms with Crippen molar-refractivity contribution in [3.63, 3.8) is 0 Å². The summed E-state index contributed by atoms with van der Waals surface area (Å²) in [6.07, 6.45) is 2.82. The predicted octanol–water partition coefficient (Wildman–Crippen LogP) is 3.46. The van der Waals surface area contributed by atoms with Crippen molar-refractivity contribution in [1.82, 2.24) is 5.32 Å². The van der Waals surface area contributed by atoms with Crippen molar-refractivity contribution < 1.29 is 9.90 Å². The maximum atomic E-state index is 11.6. The Kier molecular flexibility index (Phi) is 4.76. The Balaban J connectivity index is 1.99. The summed E-state index contributed by atoms with van der Waals surface area (Å²) in [6.45, 7) is 6.00. The minimum Gasteiger partial charge on any atom is -0.480 e. The SMILES string of the molecule is Cc1ccccc1SC(C)CC(C)(NC1CC1)C(=O)O. The van der Waals surface area contributed by atoms with Crippen LogP contribution < -0.4 is 5.32 Å². The molecule has 3 nitrogen and oxygen atoms in total. The van der Waals surface area contributed by atoms with Gasteiger partial charge in [0.1, 0.15) is 5.54 Å². The molecule has 2 N–H and O–H groups in total. The highest BCUT2D eigenvalue weighted by molar-refractivity contribution is 8.00. The van der Waals surface area contributed by atoms with Gasteiger partial charge in [0.2, 0.25) is 0 Å². The Labute approximate surface area is 125 Å². The lowest BCUT2D eigenvalue weighted by molar-refractivity contribution is -0.144. The van der Waals surface area contributed by atoms with E-state index < -0.39 is 11.5 Å². The zero-order valence-electron chi connectivity index (χ0n) is 12.3. The van der Waals surface area contributed by atoms with Gasteiger partial charge in [0.15, 0.2) is 0 Å². The van der Waals surface area contributed by atoms with Gasteiger partial charge in [-0.15, -0.1) is 11.8 Å². The molecule has 2 rings (SSSR count). The molecule has 0 aromatic heterocycles. The molecule has 0 spiro atoms. The van der Waals surface area contributed by atoms with E-state index in [4.69, 9.17) is 0 Å². The molecule has 1 fully saturated rings. The van der Waals surface area contributed by atoms with E-state index in [0.29, 0.717) is 12.5 Å². The minimum atomic E-state index is -0.823. The molecule has 4 heteroatoms. The van der Waals surface area contributed by atoms with Crippen LogP contribution in [0.5, 0.6) is 0 Å². The Morgan fingerprint density at radius 1 is 1.50 bits per heavy atom. The summed E-state index contributed by atoms with van der Waals surface area (Å²) in [4.78, 5) is 12.8. The molecule has 1 saturated carbocycles. The Hall–Kier alpha value is -1.00. The number of carbonyl (C=O) groups is 1. The second kappa shape index (κ2) is 6.19. The maximum absolute atomic E-state index is 11.6. The average molecular weight is 293 g/mol. The second-order valence-electron chi connectivity index (χ2n) is 5.95. The molecule has 0 heterocycles. The largest absolute Gasteiger partial charge is 0.480 e. The molecular formula is C16H23NO2S. The summed E-state index contributed by atoms with van der Waals surface area (Å²) < 4.78 is 0. The number of aryl methyl sites for hydroxylation is 1. The van der Waals surface area contributed by atoms with Crippen LogP contribution in [0.4, 0.5) is 0 Å². The number of aliphatic carboxylic acids is 1. The number of carboxylic acids is 1. The third kappa shape index (κ3) is 4.00. The first-order chi connectivity index (χ1) is 9.40. The van der Waals surface area contributed by atoms with Gasteiger partial charge in [0.25, 0.3) is 0 Å². The Morgan fingerprint density at radius 2 is 2.15 bits per heavy atom. The van der Waals surface area contributed by atoms with Crippen molar-refractivity contribution >= 4 is 17.7 Å². The van der Waals surface area contributed by atoms with E-state index >= 15 is 0 Å². The molecular weight excluding hydrogens is 270 g/mol. The molecule has 0 amide bonds. The summed E-state index contributed by atoms with van der Waals surface area (Å²) in [7, 11) is 0. The second-order valence-corrected chi connectivity index (χ2v) is 7.43. The van der Waals surface area contributed by atoms with E-state index in [2.05, 4.69) is 31.3 Å². The van der Waals surface area contributed by atoms with Crippen LogP contribution in [-0.4, -0.2) is 27.9 Å². The minimum absolute atomic E-state index is 0.253. The summed E-state index contributed by atoms with van der Waals surface area (Å²) in [5, 5.41) is 13.0. The van der Waals surface area contributed by atoms with Gasteiger partial charge in [-0.1, -0.05) is 25.1 Å². The summed E-state index contributed by atoms with van der Waals surface area (Å²) >= 11 is 1.76. The quantitative estimate of drug-likeness (QED) is 0.756. The van der Waals surface area contributed by atoms with Crippen molar-refractivity contribution in [3.05, 3.63) is 29.8 Å². The van der Waals surface area contributed by atoms with Crippen molar-refractivity contribution in [2.24, 2.45) is 0 Å². The van der Waals surface area contributed by atoms with Gasteiger partial charge in [-0.25, -0.2) is 0 Å².